The van der Waals surface area contributed by atoms with Gasteiger partial charge in [0.1, 0.15) is 10.3 Å². The summed E-state index contributed by atoms with van der Waals surface area (Å²) >= 11 is 8.90. The molecular weight excluding hydrogens is 348 g/mol. The predicted molar refractivity (Wildman–Crippen MR) is 78.3 cm³/mol. The van der Waals surface area contributed by atoms with Crippen LogP contribution in [0.5, 0.6) is 0 Å². The number of pyridine rings is 1. The molecule has 0 fully saturated rings. The Balaban J connectivity index is 2.30. The fourth-order valence-corrected chi connectivity index (χ4v) is 2.04. The molecule has 0 aliphatic rings. The second-order valence-electron chi connectivity index (χ2n) is 3.79. The third-order valence-corrected chi connectivity index (χ3v) is 3.08. The molecule has 1 aromatic carbocycles. The minimum absolute atomic E-state index is 0.0825. The zero-order valence-electron chi connectivity index (χ0n) is 9.93. The van der Waals surface area contributed by atoms with E-state index in [-0.39, 0.29) is 22.0 Å². The van der Waals surface area contributed by atoms with E-state index in [0.29, 0.717) is 4.60 Å². The number of anilines is 1. The number of halogens is 2. The largest absolute Gasteiger partial charge is 0.478 e. The molecule has 102 valence electrons. The van der Waals surface area contributed by atoms with Gasteiger partial charge in [0.05, 0.1) is 11.3 Å². The number of nitrogens with one attached hydrogen (secondary N) is 1. The van der Waals surface area contributed by atoms with Crippen LogP contribution in [0.2, 0.25) is 5.02 Å². The maximum atomic E-state index is 12.0. The third-order valence-electron chi connectivity index (χ3n) is 2.41. The van der Waals surface area contributed by atoms with Gasteiger partial charge in [0.2, 0.25) is 0 Å². The van der Waals surface area contributed by atoms with Crippen LogP contribution in [0.1, 0.15) is 20.8 Å². The Morgan fingerprint density at radius 3 is 2.65 bits per heavy atom. The molecule has 1 heterocycles. The number of carboxylic acids is 1. The Kier molecular flexibility index (Phi) is 4.36. The fourth-order valence-electron chi connectivity index (χ4n) is 1.52. The minimum atomic E-state index is -1.18. The number of aromatic carboxylic acids is 1. The fraction of sp³-hybridized carbons (Fsp3) is 0. The Bertz CT molecular complexity index is 691. The van der Waals surface area contributed by atoms with Crippen LogP contribution in [-0.4, -0.2) is 22.0 Å². The van der Waals surface area contributed by atoms with Crippen LogP contribution in [0.3, 0.4) is 0 Å². The van der Waals surface area contributed by atoms with E-state index < -0.39 is 11.9 Å². The average Bonchev–Trinajstić information content (AvgIpc) is 2.40. The molecule has 0 bridgehead atoms. The SMILES string of the molecule is O=C(Nc1ccc(Cl)cc1C(=O)O)c1cccc(Br)n1. The summed E-state index contributed by atoms with van der Waals surface area (Å²) < 4.78 is 0.514. The molecule has 2 N–H and O–H groups in total. The van der Waals surface area contributed by atoms with Crippen LogP contribution in [0.25, 0.3) is 0 Å². The summed E-state index contributed by atoms with van der Waals surface area (Å²) in [6.45, 7) is 0. The standard InChI is InChI=1S/C13H8BrClN2O3/c14-11-3-1-2-10(16-11)12(18)17-9-5-4-7(15)6-8(9)13(19)20/h1-6H,(H,17,18)(H,19,20). The number of carbonyl (C=O) groups is 2. The lowest BCUT2D eigenvalue weighted by molar-refractivity contribution is 0.0698. The summed E-state index contributed by atoms with van der Waals surface area (Å²) in [5.74, 6) is -1.68. The number of aromatic nitrogens is 1. The van der Waals surface area contributed by atoms with Gasteiger partial charge in [0.15, 0.2) is 0 Å². The Hall–Kier alpha value is -1.92. The second-order valence-corrected chi connectivity index (χ2v) is 5.04. The van der Waals surface area contributed by atoms with Crippen LogP contribution in [-0.2, 0) is 0 Å². The smallest absolute Gasteiger partial charge is 0.337 e. The highest BCUT2D eigenvalue weighted by Gasteiger charge is 2.15. The number of rotatable bonds is 3. The van der Waals surface area contributed by atoms with Crippen molar-refractivity contribution < 1.29 is 14.7 Å². The van der Waals surface area contributed by atoms with Crippen LogP contribution < -0.4 is 5.32 Å². The molecule has 0 aliphatic carbocycles. The number of carboxylic acid groups (broad SMARTS) is 1. The highest BCUT2D eigenvalue weighted by Crippen LogP contribution is 2.21. The number of nitrogens with zero attached hydrogens (tertiary/aromatic N) is 1. The zero-order valence-corrected chi connectivity index (χ0v) is 12.3. The van der Waals surface area contributed by atoms with Crippen molar-refractivity contribution in [3.05, 3.63) is 57.3 Å². The summed E-state index contributed by atoms with van der Waals surface area (Å²) in [4.78, 5) is 27.1. The number of hydrogen-bond acceptors (Lipinski definition) is 3. The lowest BCUT2D eigenvalue weighted by Crippen LogP contribution is -2.16. The Morgan fingerprint density at radius 2 is 2.00 bits per heavy atom. The van der Waals surface area contributed by atoms with Crippen LogP contribution in [0, 0.1) is 0 Å². The third kappa shape index (κ3) is 3.34. The topological polar surface area (TPSA) is 79.3 Å². The zero-order chi connectivity index (χ0) is 14.7. The van der Waals surface area contributed by atoms with Crippen LogP contribution in [0.4, 0.5) is 5.69 Å². The molecule has 1 aromatic heterocycles. The highest BCUT2D eigenvalue weighted by atomic mass is 79.9. The lowest BCUT2D eigenvalue weighted by atomic mass is 10.1. The van der Waals surface area contributed by atoms with Gasteiger partial charge < -0.3 is 10.4 Å². The maximum absolute atomic E-state index is 12.0. The molecule has 0 spiro atoms. The Labute approximate surface area is 127 Å². The van der Waals surface area contributed by atoms with Gasteiger partial charge in [-0.15, -0.1) is 0 Å². The van der Waals surface area contributed by atoms with E-state index in [1.165, 1.54) is 24.3 Å². The number of hydrogen-bond donors (Lipinski definition) is 2. The first-order valence-electron chi connectivity index (χ1n) is 5.44. The van der Waals surface area contributed by atoms with E-state index in [9.17, 15) is 9.59 Å². The number of amides is 1. The first-order valence-corrected chi connectivity index (χ1v) is 6.61. The van der Waals surface area contributed by atoms with E-state index in [0.717, 1.165) is 0 Å². The Morgan fingerprint density at radius 1 is 1.25 bits per heavy atom. The number of benzene rings is 1. The summed E-state index contributed by atoms with van der Waals surface area (Å²) in [7, 11) is 0. The van der Waals surface area contributed by atoms with Crippen LogP contribution in [0.15, 0.2) is 41.0 Å². The first kappa shape index (κ1) is 14.5. The van der Waals surface area contributed by atoms with Gasteiger partial charge in [-0.2, -0.15) is 0 Å². The molecule has 5 nitrogen and oxygen atoms in total. The van der Waals surface area contributed by atoms with Gasteiger partial charge in [0.25, 0.3) is 5.91 Å². The van der Waals surface area contributed by atoms with Gasteiger partial charge in [-0.25, -0.2) is 9.78 Å². The quantitative estimate of drug-likeness (QED) is 0.827. The van der Waals surface area contributed by atoms with Gasteiger partial charge >= 0.3 is 5.97 Å². The molecule has 0 saturated heterocycles. The molecule has 2 aromatic rings. The molecule has 20 heavy (non-hydrogen) atoms. The number of carbonyl (C=O) groups excluding carboxylic acids is 1. The molecule has 0 unspecified atom stereocenters. The van der Waals surface area contributed by atoms with E-state index >= 15 is 0 Å². The summed E-state index contributed by atoms with van der Waals surface area (Å²) in [5, 5.41) is 11.9. The maximum Gasteiger partial charge on any atom is 0.337 e. The van der Waals surface area contributed by atoms with Crippen molar-refractivity contribution >= 4 is 45.1 Å². The van der Waals surface area contributed by atoms with Crippen molar-refractivity contribution in [1.29, 1.82) is 0 Å². The molecule has 0 saturated carbocycles. The van der Waals surface area contributed by atoms with E-state index in [4.69, 9.17) is 16.7 Å². The van der Waals surface area contributed by atoms with Crippen molar-refractivity contribution in [3.63, 3.8) is 0 Å². The van der Waals surface area contributed by atoms with Crippen molar-refractivity contribution in [3.8, 4) is 0 Å². The van der Waals surface area contributed by atoms with E-state index in [2.05, 4.69) is 26.2 Å². The van der Waals surface area contributed by atoms with E-state index in [1.807, 2.05) is 0 Å². The van der Waals surface area contributed by atoms with Gasteiger partial charge in [-0.3, -0.25) is 4.79 Å². The van der Waals surface area contributed by atoms with Crippen molar-refractivity contribution in [2.75, 3.05) is 5.32 Å². The van der Waals surface area contributed by atoms with Crippen LogP contribution >= 0.6 is 27.5 Å². The molecule has 7 heteroatoms. The summed E-state index contributed by atoms with van der Waals surface area (Å²) in [6.07, 6.45) is 0. The predicted octanol–water partition coefficient (Wildman–Crippen LogP) is 3.45. The highest BCUT2D eigenvalue weighted by molar-refractivity contribution is 9.10. The van der Waals surface area contributed by atoms with Crippen molar-refractivity contribution in [1.82, 2.24) is 4.98 Å². The molecule has 0 radical (unpaired) electrons. The molecular formula is C13H8BrClN2O3. The van der Waals surface area contributed by atoms with E-state index in [1.54, 1.807) is 12.1 Å². The van der Waals surface area contributed by atoms with Crippen molar-refractivity contribution in [2.45, 2.75) is 0 Å². The van der Waals surface area contributed by atoms with Gasteiger partial charge in [-0.05, 0) is 46.3 Å². The first-order chi connectivity index (χ1) is 9.47. The van der Waals surface area contributed by atoms with Crippen molar-refractivity contribution in [2.24, 2.45) is 0 Å². The second kappa shape index (κ2) is 6.02. The molecule has 1 amide bonds. The average molecular weight is 356 g/mol. The molecule has 0 aliphatic heterocycles. The summed E-state index contributed by atoms with van der Waals surface area (Å²) in [5.41, 5.74) is 0.250. The molecule has 0 atom stereocenters. The monoisotopic (exact) mass is 354 g/mol. The lowest BCUT2D eigenvalue weighted by Gasteiger charge is -2.08. The summed E-state index contributed by atoms with van der Waals surface area (Å²) in [6, 6.07) is 9.07. The minimum Gasteiger partial charge on any atom is -0.478 e. The normalized spacial score (nSPS) is 10.1. The van der Waals surface area contributed by atoms with Gasteiger partial charge in [0, 0.05) is 5.02 Å². The van der Waals surface area contributed by atoms with Gasteiger partial charge in [-0.1, -0.05) is 17.7 Å². The molecule has 2 rings (SSSR count).